The van der Waals surface area contributed by atoms with E-state index in [4.69, 9.17) is 9.15 Å². The molecule has 0 radical (unpaired) electrons. The molecule has 0 atom stereocenters. The van der Waals surface area contributed by atoms with Crippen molar-refractivity contribution in [2.75, 3.05) is 18.2 Å². The monoisotopic (exact) mass is 482 g/mol. The maximum atomic E-state index is 12.6. The number of para-hydroxylation sites is 2. The number of ether oxygens (including phenoxy) is 1. The number of esters is 1. The number of fused-ring (bicyclic) bond motifs is 1. The second-order valence-corrected chi connectivity index (χ2v) is 10.00. The van der Waals surface area contributed by atoms with Crippen molar-refractivity contribution in [3.05, 3.63) is 53.1 Å². The van der Waals surface area contributed by atoms with Gasteiger partial charge in [0.05, 0.1) is 7.11 Å². The highest BCUT2D eigenvalue weighted by molar-refractivity contribution is 7.99. The third kappa shape index (κ3) is 6.41. The molecule has 0 aliphatic heterocycles. The first kappa shape index (κ1) is 25.8. The molecule has 0 saturated carbocycles. The van der Waals surface area contributed by atoms with Gasteiger partial charge in [-0.05, 0) is 47.9 Å². The van der Waals surface area contributed by atoms with Crippen LogP contribution in [0, 0.1) is 0 Å². The van der Waals surface area contributed by atoms with Crippen LogP contribution < -0.4 is 5.32 Å². The van der Waals surface area contributed by atoms with E-state index in [-0.39, 0.29) is 5.91 Å². The molecule has 1 heterocycles. The fourth-order valence-corrected chi connectivity index (χ4v) is 4.71. The van der Waals surface area contributed by atoms with Crippen molar-refractivity contribution in [2.24, 2.45) is 0 Å². The number of nitrogens with zero attached hydrogens (tertiary/aromatic N) is 1. The van der Waals surface area contributed by atoms with Crippen LogP contribution in [-0.4, -0.2) is 29.7 Å². The molecule has 3 aromatic rings. The average molecular weight is 483 g/mol. The average Bonchev–Trinajstić information content (AvgIpc) is 3.23. The molecule has 0 fully saturated rings. The number of hydrogen-bond donors (Lipinski definition) is 1. The Bertz CT molecular complexity index is 1110. The molecule has 2 aromatic carbocycles. The summed E-state index contributed by atoms with van der Waals surface area (Å²) in [6.45, 7) is 8.61. The van der Waals surface area contributed by atoms with E-state index in [1.54, 1.807) is 12.1 Å². The van der Waals surface area contributed by atoms with E-state index in [1.807, 2.05) is 6.07 Å². The molecule has 6 nitrogen and oxygen atoms in total. The Hall–Kier alpha value is -2.80. The Morgan fingerprint density at radius 2 is 1.68 bits per heavy atom. The number of carbonyl (C=O) groups excluding carboxylic acids is 2. The van der Waals surface area contributed by atoms with Gasteiger partial charge < -0.3 is 14.5 Å². The Balaban J connectivity index is 1.46. The summed E-state index contributed by atoms with van der Waals surface area (Å²) in [4.78, 5) is 29.0. The number of rotatable bonds is 11. The lowest BCUT2D eigenvalue weighted by Crippen LogP contribution is -2.15. The summed E-state index contributed by atoms with van der Waals surface area (Å²) in [5, 5.41) is 3.72. The fraction of sp³-hybridized carbons (Fsp3) is 0.444. The van der Waals surface area contributed by atoms with Crippen LogP contribution in [0.5, 0.6) is 0 Å². The van der Waals surface area contributed by atoms with Crippen LogP contribution in [0.25, 0.3) is 11.1 Å². The van der Waals surface area contributed by atoms with E-state index in [9.17, 15) is 9.59 Å². The van der Waals surface area contributed by atoms with Crippen LogP contribution in [0.3, 0.4) is 0 Å². The van der Waals surface area contributed by atoms with Crippen LogP contribution in [-0.2, 0) is 9.53 Å². The van der Waals surface area contributed by atoms with Gasteiger partial charge in [-0.2, -0.15) is 0 Å². The lowest BCUT2D eigenvalue weighted by Gasteiger charge is -2.20. The molecule has 1 N–H and O–H groups in total. The Kier molecular flexibility index (Phi) is 9.16. The van der Waals surface area contributed by atoms with E-state index in [1.165, 1.54) is 30.0 Å². The molecule has 0 aliphatic carbocycles. The highest BCUT2D eigenvalue weighted by Crippen LogP contribution is 2.32. The van der Waals surface area contributed by atoms with Crippen molar-refractivity contribution in [3.8, 4) is 0 Å². The standard InChI is InChI=1S/C27H34N2O4S/c1-17(2)19-11-9-12-20(18(3)4)24(19)29-23(30)15-7-6-8-16-34-27-28-22-14-10-13-21(25(22)33-27)26(31)32-5/h9-14,17-18H,6-8,15-16H2,1-5H3,(H,29,30). The number of amides is 1. The zero-order valence-electron chi connectivity index (χ0n) is 20.6. The van der Waals surface area contributed by atoms with Crippen LogP contribution in [0.4, 0.5) is 5.69 Å². The Morgan fingerprint density at radius 1 is 1.00 bits per heavy atom. The van der Waals surface area contributed by atoms with Gasteiger partial charge in [-0.25, -0.2) is 9.78 Å². The Morgan fingerprint density at radius 3 is 2.32 bits per heavy atom. The molecule has 0 aliphatic rings. The van der Waals surface area contributed by atoms with Gasteiger partial charge in [0.2, 0.25) is 5.91 Å². The summed E-state index contributed by atoms with van der Waals surface area (Å²) in [6.07, 6.45) is 3.21. The maximum absolute atomic E-state index is 12.6. The zero-order chi connectivity index (χ0) is 24.7. The van der Waals surface area contributed by atoms with Crippen molar-refractivity contribution >= 4 is 40.4 Å². The first-order chi connectivity index (χ1) is 16.3. The van der Waals surface area contributed by atoms with E-state index >= 15 is 0 Å². The molecule has 34 heavy (non-hydrogen) atoms. The number of hydrogen-bond acceptors (Lipinski definition) is 6. The van der Waals surface area contributed by atoms with Crippen LogP contribution >= 0.6 is 11.8 Å². The summed E-state index contributed by atoms with van der Waals surface area (Å²) < 4.78 is 10.6. The van der Waals surface area contributed by atoms with E-state index in [0.29, 0.717) is 40.1 Å². The van der Waals surface area contributed by atoms with Gasteiger partial charge in [-0.15, -0.1) is 0 Å². The maximum Gasteiger partial charge on any atom is 0.341 e. The van der Waals surface area contributed by atoms with Gasteiger partial charge in [0.15, 0.2) is 5.58 Å². The highest BCUT2D eigenvalue weighted by Gasteiger charge is 2.17. The van der Waals surface area contributed by atoms with Crippen molar-refractivity contribution < 1.29 is 18.7 Å². The zero-order valence-corrected chi connectivity index (χ0v) is 21.5. The molecule has 0 bridgehead atoms. The summed E-state index contributed by atoms with van der Waals surface area (Å²) >= 11 is 1.52. The number of nitrogens with one attached hydrogen (secondary N) is 1. The Labute approximate surface area is 205 Å². The summed E-state index contributed by atoms with van der Waals surface area (Å²) in [6, 6.07) is 11.5. The van der Waals surface area contributed by atoms with Gasteiger partial charge >= 0.3 is 5.97 Å². The van der Waals surface area contributed by atoms with Gasteiger partial charge in [-0.3, -0.25) is 4.79 Å². The molecule has 7 heteroatoms. The van der Waals surface area contributed by atoms with Gasteiger partial charge in [0.1, 0.15) is 11.1 Å². The molecule has 0 spiro atoms. The first-order valence-corrected chi connectivity index (χ1v) is 12.8. The first-order valence-electron chi connectivity index (χ1n) is 11.8. The molecular formula is C27H34N2O4S. The number of thioether (sulfide) groups is 1. The highest BCUT2D eigenvalue weighted by atomic mass is 32.2. The lowest BCUT2D eigenvalue weighted by atomic mass is 9.92. The fourth-order valence-electron chi connectivity index (χ4n) is 3.88. The molecule has 1 amide bonds. The predicted molar refractivity (Wildman–Crippen MR) is 138 cm³/mol. The molecular weight excluding hydrogens is 448 g/mol. The van der Waals surface area contributed by atoms with E-state index in [0.717, 1.165) is 30.7 Å². The van der Waals surface area contributed by atoms with Crippen LogP contribution in [0.2, 0.25) is 0 Å². The quantitative estimate of drug-likeness (QED) is 0.177. The number of anilines is 1. The lowest BCUT2D eigenvalue weighted by molar-refractivity contribution is -0.116. The third-order valence-corrected chi connectivity index (χ3v) is 6.63. The van der Waals surface area contributed by atoms with Crippen molar-refractivity contribution in [3.63, 3.8) is 0 Å². The molecule has 3 rings (SSSR count). The smallest absolute Gasteiger partial charge is 0.341 e. The number of oxazole rings is 1. The summed E-state index contributed by atoms with van der Waals surface area (Å²) in [7, 11) is 1.35. The van der Waals surface area contributed by atoms with Gasteiger partial charge in [0, 0.05) is 17.9 Å². The second-order valence-electron chi connectivity index (χ2n) is 8.95. The van der Waals surface area contributed by atoms with Crippen LogP contribution in [0.15, 0.2) is 46.0 Å². The summed E-state index contributed by atoms with van der Waals surface area (Å²) in [5.41, 5.74) is 4.83. The van der Waals surface area contributed by atoms with Crippen molar-refractivity contribution in [1.29, 1.82) is 0 Å². The van der Waals surface area contributed by atoms with Gasteiger partial charge in [0.25, 0.3) is 5.22 Å². The van der Waals surface area contributed by atoms with Crippen LogP contribution in [0.1, 0.15) is 86.7 Å². The minimum Gasteiger partial charge on any atom is -0.465 e. The molecule has 182 valence electrons. The largest absolute Gasteiger partial charge is 0.465 e. The SMILES string of the molecule is COC(=O)c1cccc2nc(SCCCCCC(=O)Nc3c(C(C)C)cccc3C(C)C)oc12. The third-order valence-electron chi connectivity index (χ3n) is 5.71. The van der Waals surface area contributed by atoms with E-state index in [2.05, 4.69) is 56.2 Å². The molecule has 0 saturated heterocycles. The number of unbranched alkanes of at least 4 members (excludes halogenated alkanes) is 2. The molecule has 0 unspecified atom stereocenters. The predicted octanol–water partition coefficient (Wildman–Crippen LogP) is 7.15. The van der Waals surface area contributed by atoms with Crippen molar-refractivity contribution in [1.82, 2.24) is 4.98 Å². The van der Waals surface area contributed by atoms with E-state index < -0.39 is 5.97 Å². The second kappa shape index (κ2) is 12.1. The van der Waals surface area contributed by atoms with Gasteiger partial charge in [-0.1, -0.05) is 70.1 Å². The summed E-state index contributed by atoms with van der Waals surface area (Å²) in [5.74, 6) is 1.16. The normalized spacial score (nSPS) is 11.4. The number of carbonyl (C=O) groups is 2. The number of aromatic nitrogens is 1. The number of methoxy groups -OCH3 is 1. The topological polar surface area (TPSA) is 81.4 Å². The minimum absolute atomic E-state index is 0.0666. The minimum atomic E-state index is -0.437. The van der Waals surface area contributed by atoms with Crippen molar-refractivity contribution in [2.45, 2.75) is 70.4 Å². The number of benzene rings is 2. The molecule has 1 aromatic heterocycles.